The summed E-state index contributed by atoms with van der Waals surface area (Å²) in [4.78, 5) is 20.9. The molecule has 2 aromatic heterocycles. The normalized spacial score (nSPS) is 11.0. The van der Waals surface area contributed by atoms with E-state index in [1.165, 1.54) is 18.1 Å². The molecule has 0 aliphatic carbocycles. The summed E-state index contributed by atoms with van der Waals surface area (Å²) in [6.45, 7) is 3.93. The zero-order chi connectivity index (χ0) is 20.4. The Balaban J connectivity index is 1.50. The standard InChI is InChI=1S/C20H17ClN6OS/c1-12-3-7-15(8-4-12)27-19-18(25-26-27)20(23-11-22-19)29-10-17(28)24-14-6-5-13(2)16(21)9-14/h3-9,11H,10H2,1-2H3,(H,24,28). The van der Waals surface area contributed by atoms with Crippen molar-refractivity contribution in [2.75, 3.05) is 11.1 Å². The Morgan fingerprint density at radius 3 is 2.69 bits per heavy atom. The lowest BCUT2D eigenvalue weighted by molar-refractivity contribution is -0.113. The molecular formula is C20H17ClN6OS. The van der Waals surface area contributed by atoms with Crippen LogP contribution in [0.15, 0.2) is 53.8 Å². The van der Waals surface area contributed by atoms with E-state index < -0.39 is 0 Å². The number of nitrogens with one attached hydrogen (secondary N) is 1. The van der Waals surface area contributed by atoms with Gasteiger partial charge in [-0.3, -0.25) is 4.79 Å². The monoisotopic (exact) mass is 424 g/mol. The fraction of sp³-hybridized carbons (Fsp3) is 0.150. The first-order valence-corrected chi connectivity index (χ1v) is 10.2. The fourth-order valence-electron chi connectivity index (χ4n) is 2.70. The second kappa shape index (κ2) is 8.18. The Morgan fingerprint density at radius 1 is 1.14 bits per heavy atom. The summed E-state index contributed by atoms with van der Waals surface area (Å²) in [5, 5.41) is 12.5. The van der Waals surface area contributed by atoms with Crippen molar-refractivity contribution in [2.45, 2.75) is 18.9 Å². The number of fused-ring (bicyclic) bond motifs is 1. The smallest absolute Gasteiger partial charge is 0.234 e. The molecule has 4 aromatic rings. The van der Waals surface area contributed by atoms with Gasteiger partial charge in [0.1, 0.15) is 11.4 Å². The number of carbonyl (C=O) groups is 1. The van der Waals surface area contributed by atoms with E-state index in [-0.39, 0.29) is 11.7 Å². The number of aromatic nitrogens is 5. The Morgan fingerprint density at radius 2 is 1.93 bits per heavy atom. The number of hydrogen-bond donors (Lipinski definition) is 1. The summed E-state index contributed by atoms with van der Waals surface area (Å²) in [5.74, 6) is 0.0160. The molecule has 29 heavy (non-hydrogen) atoms. The van der Waals surface area contributed by atoms with Crippen LogP contribution in [0.5, 0.6) is 0 Å². The van der Waals surface area contributed by atoms with Crippen LogP contribution < -0.4 is 5.32 Å². The average molecular weight is 425 g/mol. The molecule has 9 heteroatoms. The van der Waals surface area contributed by atoms with Crippen LogP contribution in [-0.2, 0) is 4.79 Å². The molecule has 1 amide bonds. The molecule has 0 aliphatic rings. The largest absolute Gasteiger partial charge is 0.325 e. The first-order chi connectivity index (χ1) is 14.0. The highest BCUT2D eigenvalue weighted by Crippen LogP contribution is 2.25. The van der Waals surface area contributed by atoms with E-state index in [1.807, 2.05) is 50.2 Å². The number of amides is 1. The number of carbonyl (C=O) groups excluding carboxylic acids is 1. The summed E-state index contributed by atoms with van der Waals surface area (Å²) in [6.07, 6.45) is 1.45. The SMILES string of the molecule is Cc1ccc(-n2nnc3c(SCC(=O)Nc4ccc(C)c(Cl)c4)ncnc32)cc1. The van der Waals surface area contributed by atoms with Crippen LogP contribution in [0.4, 0.5) is 5.69 Å². The van der Waals surface area contributed by atoms with Gasteiger partial charge >= 0.3 is 0 Å². The number of nitrogens with zero attached hydrogens (tertiary/aromatic N) is 5. The van der Waals surface area contributed by atoms with Crippen LogP contribution in [0.2, 0.25) is 5.02 Å². The van der Waals surface area contributed by atoms with E-state index >= 15 is 0 Å². The van der Waals surface area contributed by atoms with Crippen LogP contribution in [0.25, 0.3) is 16.9 Å². The van der Waals surface area contributed by atoms with Gasteiger partial charge in [-0.1, -0.05) is 52.3 Å². The maximum Gasteiger partial charge on any atom is 0.234 e. The summed E-state index contributed by atoms with van der Waals surface area (Å²) >= 11 is 7.39. The van der Waals surface area contributed by atoms with Gasteiger partial charge in [0.2, 0.25) is 5.91 Å². The van der Waals surface area contributed by atoms with Gasteiger partial charge in [-0.05, 0) is 43.7 Å². The highest BCUT2D eigenvalue weighted by molar-refractivity contribution is 8.00. The predicted octanol–water partition coefficient (Wildman–Crippen LogP) is 4.21. The molecule has 0 unspecified atom stereocenters. The number of hydrogen-bond acceptors (Lipinski definition) is 6. The maximum atomic E-state index is 12.3. The molecule has 0 fully saturated rings. The summed E-state index contributed by atoms with van der Waals surface area (Å²) < 4.78 is 1.66. The minimum atomic E-state index is -0.160. The molecule has 1 N–H and O–H groups in total. The molecule has 0 atom stereocenters. The van der Waals surface area contributed by atoms with Crippen LogP contribution in [0, 0.1) is 13.8 Å². The number of aryl methyl sites for hydroxylation is 2. The van der Waals surface area contributed by atoms with Crippen molar-refractivity contribution in [3.63, 3.8) is 0 Å². The van der Waals surface area contributed by atoms with Crippen molar-refractivity contribution >= 4 is 46.1 Å². The zero-order valence-electron chi connectivity index (χ0n) is 15.8. The molecule has 0 aliphatic heterocycles. The molecule has 146 valence electrons. The van der Waals surface area contributed by atoms with Crippen molar-refractivity contribution in [2.24, 2.45) is 0 Å². The van der Waals surface area contributed by atoms with Gasteiger partial charge in [0.25, 0.3) is 0 Å². The number of anilines is 1. The van der Waals surface area contributed by atoms with E-state index in [1.54, 1.807) is 10.7 Å². The van der Waals surface area contributed by atoms with Gasteiger partial charge in [-0.2, -0.15) is 4.68 Å². The predicted molar refractivity (Wildman–Crippen MR) is 115 cm³/mol. The first-order valence-electron chi connectivity index (χ1n) is 8.83. The van der Waals surface area contributed by atoms with Gasteiger partial charge in [-0.25, -0.2) is 9.97 Å². The van der Waals surface area contributed by atoms with E-state index in [0.29, 0.717) is 26.9 Å². The molecular weight excluding hydrogens is 408 g/mol. The molecule has 2 heterocycles. The lowest BCUT2D eigenvalue weighted by Gasteiger charge is -2.07. The van der Waals surface area contributed by atoms with Crippen molar-refractivity contribution in [3.05, 3.63) is 64.9 Å². The van der Waals surface area contributed by atoms with Crippen molar-refractivity contribution < 1.29 is 4.79 Å². The summed E-state index contributed by atoms with van der Waals surface area (Å²) in [7, 11) is 0. The van der Waals surface area contributed by atoms with Crippen LogP contribution in [-0.4, -0.2) is 36.6 Å². The topological polar surface area (TPSA) is 85.6 Å². The minimum Gasteiger partial charge on any atom is -0.325 e. The quantitative estimate of drug-likeness (QED) is 0.381. The van der Waals surface area contributed by atoms with Crippen LogP contribution in [0.3, 0.4) is 0 Å². The maximum absolute atomic E-state index is 12.3. The lowest BCUT2D eigenvalue weighted by Crippen LogP contribution is -2.14. The molecule has 4 rings (SSSR count). The lowest BCUT2D eigenvalue weighted by atomic mass is 10.2. The second-order valence-corrected chi connectivity index (χ2v) is 7.86. The third-order valence-electron chi connectivity index (χ3n) is 4.28. The number of benzene rings is 2. The Kier molecular flexibility index (Phi) is 5.46. The van der Waals surface area contributed by atoms with E-state index in [2.05, 4.69) is 25.6 Å². The minimum absolute atomic E-state index is 0.160. The van der Waals surface area contributed by atoms with E-state index in [0.717, 1.165) is 16.8 Å². The molecule has 7 nitrogen and oxygen atoms in total. The van der Waals surface area contributed by atoms with E-state index in [9.17, 15) is 4.79 Å². The Bertz CT molecular complexity index is 1190. The first kappa shape index (κ1) is 19.4. The third-order valence-corrected chi connectivity index (χ3v) is 5.66. The summed E-state index contributed by atoms with van der Waals surface area (Å²) in [6, 6.07) is 13.3. The summed E-state index contributed by atoms with van der Waals surface area (Å²) in [5.41, 5.74) is 4.79. The van der Waals surface area contributed by atoms with Crippen LogP contribution >= 0.6 is 23.4 Å². The zero-order valence-corrected chi connectivity index (χ0v) is 17.3. The van der Waals surface area contributed by atoms with Crippen molar-refractivity contribution in [1.82, 2.24) is 25.0 Å². The van der Waals surface area contributed by atoms with Gasteiger partial charge in [-0.15, -0.1) is 5.10 Å². The highest BCUT2D eigenvalue weighted by Gasteiger charge is 2.15. The average Bonchev–Trinajstić information content (AvgIpc) is 3.14. The molecule has 0 spiro atoms. The van der Waals surface area contributed by atoms with E-state index in [4.69, 9.17) is 11.6 Å². The van der Waals surface area contributed by atoms with Crippen LogP contribution in [0.1, 0.15) is 11.1 Å². The van der Waals surface area contributed by atoms with Crippen molar-refractivity contribution in [3.8, 4) is 5.69 Å². The third kappa shape index (κ3) is 4.23. The van der Waals surface area contributed by atoms with Gasteiger partial charge in [0.15, 0.2) is 11.2 Å². The molecule has 0 radical (unpaired) electrons. The Labute approximate surface area is 176 Å². The van der Waals surface area contributed by atoms with Gasteiger partial charge in [0, 0.05) is 10.7 Å². The molecule has 0 bridgehead atoms. The molecule has 2 aromatic carbocycles. The van der Waals surface area contributed by atoms with Crippen molar-refractivity contribution in [1.29, 1.82) is 0 Å². The molecule has 0 saturated heterocycles. The van der Waals surface area contributed by atoms with Gasteiger partial charge < -0.3 is 5.32 Å². The fourth-order valence-corrected chi connectivity index (χ4v) is 3.61. The molecule has 0 saturated carbocycles. The Hall–Kier alpha value is -2.97. The highest BCUT2D eigenvalue weighted by atomic mass is 35.5. The number of thioether (sulfide) groups is 1. The van der Waals surface area contributed by atoms with Gasteiger partial charge in [0.05, 0.1) is 11.4 Å². The number of rotatable bonds is 5. The number of halogens is 1. The second-order valence-electron chi connectivity index (χ2n) is 6.49.